The van der Waals surface area contributed by atoms with Crippen molar-refractivity contribution in [2.45, 2.75) is 27.3 Å². The maximum absolute atomic E-state index is 5.52. The van der Waals surface area contributed by atoms with Gasteiger partial charge in [-0.2, -0.15) is 0 Å². The van der Waals surface area contributed by atoms with Gasteiger partial charge in [0.15, 0.2) is 12.2 Å². The van der Waals surface area contributed by atoms with Crippen LogP contribution >= 0.6 is 27.3 Å². The second kappa shape index (κ2) is 5.99. The van der Waals surface area contributed by atoms with Gasteiger partial charge in [0.1, 0.15) is 5.69 Å². The Labute approximate surface area is 120 Å². The number of nitrogens with zero attached hydrogens (tertiary/aromatic N) is 1. The standard InChI is InChI=1S/C13H17BrN2OS/c1-8(2)5-15-6-10-12(17-7-16-10)11-4-9(3)13(14)18-11/h4,7-8,15H,5-6H2,1-3H3. The minimum absolute atomic E-state index is 0.637. The zero-order chi connectivity index (χ0) is 13.1. The third kappa shape index (κ3) is 3.22. The number of hydrogen-bond donors (Lipinski definition) is 1. The highest BCUT2D eigenvalue weighted by molar-refractivity contribution is 9.11. The Kier molecular flexibility index (Phi) is 4.59. The van der Waals surface area contributed by atoms with Gasteiger partial charge in [0.2, 0.25) is 0 Å². The predicted molar refractivity (Wildman–Crippen MR) is 78.8 cm³/mol. The Morgan fingerprint density at radius 3 is 2.89 bits per heavy atom. The van der Waals surface area contributed by atoms with Crippen LogP contribution in [0.3, 0.4) is 0 Å². The van der Waals surface area contributed by atoms with Crippen molar-refractivity contribution in [3.05, 3.63) is 27.5 Å². The molecule has 18 heavy (non-hydrogen) atoms. The van der Waals surface area contributed by atoms with Gasteiger partial charge >= 0.3 is 0 Å². The normalized spacial score (nSPS) is 11.4. The van der Waals surface area contributed by atoms with Crippen LogP contribution < -0.4 is 5.32 Å². The van der Waals surface area contributed by atoms with Crippen LogP contribution in [0.5, 0.6) is 0 Å². The van der Waals surface area contributed by atoms with Crippen LogP contribution in [0.2, 0.25) is 0 Å². The van der Waals surface area contributed by atoms with Gasteiger partial charge in [0.05, 0.1) is 8.66 Å². The molecule has 0 aliphatic heterocycles. The van der Waals surface area contributed by atoms with Crippen LogP contribution in [0, 0.1) is 12.8 Å². The Morgan fingerprint density at radius 2 is 2.28 bits per heavy atom. The lowest BCUT2D eigenvalue weighted by Crippen LogP contribution is -2.19. The molecule has 0 amide bonds. The summed E-state index contributed by atoms with van der Waals surface area (Å²) in [6.45, 7) is 8.20. The SMILES string of the molecule is Cc1cc(-c2ocnc2CNCC(C)C)sc1Br. The third-order valence-corrected chi connectivity index (χ3v) is 4.70. The Hall–Kier alpha value is -0.650. The summed E-state index contributed by atoms with van der Waals surface area (Å²) >= 11 is 5.22. The molecule has 2 heterocycles. The van der Waals surface area contributed by atoms with Crippen LogP contribution in [-0.4, -0.2) is 11.5 Å². The van der Waals surface area contributed by atoms with E-state index in [2.05, 4.69) is 53.1 Å². The number of hydrogen-bond acceptors (Lipinski definition) is 4. The second-order valence-electron chi connectivity index (χ2n) is 4.72. The highest BCUT2D eigenvalue weighted by Gasteiger charge is 2.14. The highest BCUT2D eigenvalue weighted by atomic mass is 79.9. The number of nitrogens with one attached hydrogen (secondary N) is 1. The second-order valence-corrected chi connectivity index (χ2v) is 7.09. The molecule has 0 bridgehead atoms. The van der Waals surface area contributed by atoms with E-state index in [0.29, 0.717) is 5.92 Å². The lowest BCUT2D eigenvalue weighted by atomic mass is 10.2. The van der Waals surface area contributed by atoms with Crippen molar-refractivity contribution in [1.29, 1.82) is 0 Å². The first-order chi connectivity index (χ1) is 8.58. The number of thiophene rings is 1. The molecule has 2 aromatic rings. The van der Waals surface area contributed by atoms with Crippen LogP contribution in [0.4, 0.5) is 0 Å². The zero-order valence-corrected chi connectivity index (χ0v) is 13.2. The molecular weight excluding hydrogens is 312 g/mol. The summed E-state index contributed by atoms with van der Waals surface area (Å²) in [5, 5.41) is 3.39. The van der Waals surface area contributed by atoms with E-state index in [-0.39, 0.29) is 0 Å². The van der Waals surface area contributed by atoms with E-state index in [4.69, 9.17) is 4.42 Å². The first-order valence-electron chi connectivity index (χ1n) is 5.97. The monoisotopic (exact) mass is 328 g/mol. The summed E-state index contributed by atoms with van der Waals surface area (Å²) in [5.41, 5.74) is 2.21. The van der Waals surface area contributed by atoms with Crippen molar-refractivity contribution >= 4 is 27.3 Å². The van der Waals surface area contributed by atoms with Crippen LogP contribution in [-0.2, 0) is 6.54 Å². The third-order valence-electron chi connectivity index (χ3n) is 2.57. The van der Waals surface area contributed by atoms with Gasteiger partial charge in [0.25, 0.3) is 0 Å². The molecule has 0 fully saturated rings. The molecule has 0 aliphatic carbocycles. The molecule has 3 nitrogen and oxygen atoms in total. The molecule has 2 aromatic heterocycles. The van der Waals surface area contributed by atoms with E-state index < -0.39 is 0 Å². The molecule has 0 aliphatic rings. The van der Waals surface area contributed by atoms with E-state index in [1.165, 1.54) is 12.0 Å². The fourth-order valence-electron chi connectivity index (χ4n) is 1.65. The molecule has 0 aromatic carbocycles. The van der Waals surface area contributed by atoms with Crippen LogP contribution in [0.25, 0.3) is 10.6 Å². The molecule has 0 saturated carbocycles. The van der Waals surface area contributed by atoms with Gasteiger partial charge in [-0.05, 0) is 46.9 Å². The van der Waals surface area contributed by atoms with Crippen LogP contribution in [0.15, 0.2) is 20.7 Å². The van der Waals surface area contributed by atoms with Crippen LogP contribution in [0.1, 0.15) is 25.1 Å². The number of rotatable bonds is 5. The summed E-state index contributed by atoms with van der Waals surface area (Å²) in [6.07, 6.45) is 1.52. The molecule has 98 valence electrons. The summed E-state index contributed by atoms with van der Waals surface area (Å²) < 4.78 is 6.66. The molecule has 0 saturated heterocycles. The Balaban J connectivity index is 2.12. The predicted octanol–water partition coefficient (Wildman–Crippen LogP) is 4.22. The van der Waals surface area contributed by atoms with E-state index >= 15 is 0 Å². The van der Waals surface area contributed by atoms with Crippen molar-refractivity contribution in [3.8, 4) is 10.6 Å². The molecule has 5 heteroatoms. The van der Waals surface area contributed by atoms with Crippen molar-refractivity contribution < 1.29 is 4.42 Å². The summed E-state index contributed by atoms with van der Waals surface area (Å²) in [6, 6.07) is 2.13. The average Bonchev–Trinajstić information content (AvgIpc) is 2.86. The summed E-state index contributed by atoms with van der Waals surface area (Å²) in [5.74, 6) is 1.52. The Bertz CT molecular complexity index is 499. The van der Waals surface area contributed by atoms with Crippen molar-refractivity contribution in [3.63, 3.8) is 0 Å². The zero-order valence-electron chi connectivity index (χ0n) is 10.8. The van der Waals surface area contributed by atoms with Gasteiger partial charge in [0, 0.05) is 6.54 Å². The van der Waals surface area contributed by atoms with Gasteiger partial charge in [-0.1, -0.05) is 13.8 Å². The van der Waals surface area contributed by atoms with E-state index in [1.54, 1.807) is 11.3 Å². The van der Waals surface area contributed by atoms with E-state index in [1.807, 2.05) is 0 Å². The largest absolute Gasteiger partial charge is 0.442 e. The fourth-order valence-corrected chi connectivity index (χ4v) is 3.19. The first-order valence-corrected chi connectivity index (χ1v) is 7.58. The maximum Gasteiger partial charge on any atom is 0.181 e. The summed E-state index contributed by atoms with van der Waals surface area (Å²) in [4.78, 5) is 5.41. The molecule has 1 N–H and O–H groups in total. The number of oxazole rings is 1. The smallest absolute Gasteiger partial charge is 0.181 e. The van der Waals surface area contributed by atoms with Gasteiger partial charge in [-0.25, -0.2) is 4.98 Å². The van der Waals surface area contributed by atoms with E-state index in [0.717, 1.165) is 33.2 Å². The number of aromatic nitrogens is 1. The van der Waals surface area contributed by atoms with Crippen molar-refractivity contribution in [1.82, 2.24) is 10.3 Å². The Morgan fingerprint density at radius 1 is 1.50 bits per heavy atom. The minimum Gasteiger partial charge on any atom is -0.442 e. The van der Waals surface area contributed by atoms with Gasteiger partial charge < -0.3 is 9.73 Å². The molecular formula is C13H17BrN2OS. The van der Waals surface area contributed by atoms with Crippen molar-refractivity contribution in [2.24, 2.45) is 5.92 Å². The quantitative estimate of drug-likeness (QED) is 0.892. The molecule has 0 unspecified atom stereocenters. The van der Waals surface area contributed by atoms with Crippen molar-refractivity contribution in [2.75, 3.05) is 6.54 Å². The highest BCUT2D eigenvalue weighted by Crippen LogP contribution is 2.36. The van der Waals surface area contributed by atoms with Gasteiger partial charge in [-0.3, -0.25) is 0 Å². The minimum atomic E-state index is 0.637. The first kappa shape index (κ1) is 13.8. The average molecular weight is 329 g/mol. The topological polar surface area (TPSA) is 38.1 Å². The number of aryl methyl sites for hydroxylation is 1. The molecule has 0 spiro atoms. The molecule has 0 radical (unpaired) electrons. The van der Waals surface area contributed by atoms with Gasteiger partial charge in [-0.15, -0.1) is 11.3 Å². The maximum atomic E-state index is 5.52. The fraction of sp³-hybridized carbons (Fsp3) is 0.462. The van der Waals surface area contributed by atoms with E-state index in [9.17, 15) is 0 Å². The lowest BCUT2D eigenvalue weighted by Gasteiger charge is -2.05. The molecule has 0 atom stereocenters. The summed E-state index contributed by atoms with van der Waals surface area (Å²) in [7, 11) is 0. The molecule has 2 rings (SSSR count). The number of halogens is 1. The lowest BCUT2D eigenvalue weighted by molar-refractivity contribution is 0.545.